The Morgan fingerprint density at radius 1 is 0.935 bits per heavy atom. The average molecular weight is 429 g/mol. The molecule has 1 fully saturated rings. The van der Waals surface area contributed by atoms with Crippen LogP contribution in [0.1, 0.15) is 28.7 Å². The van der Waals surface area contributed by atoms with Gasteiger partial charge < -0.3 is 19.7 Å². The molecule has 0 saturated carbocycles. The number of hydrogen-bond donors (Lipinski definition) is 2. The Morgan fingerprint density at radius 2 is 1.71 bits per heavy atom. The predicted molar refractivity (Wildman–Crippen MR) is 123 cm³/mol. The van der Waals surface area contributed by atoms with Crippen molar-refractivity contribution < 1.29 is 19.7 Å². The summed E-state index contributed by atoms with van der Waals surface area (Å²) >= 11 is 0. The number of piperazine rings is 1. The van der Waals surface area contributed by atoms with Gasteiger partial charge in [0.15, 0.2) is 0 Å². The molecule has 170 valence electrons. The molecule has 3 rings (SSSR count). The number of methoxy groups -OCH3 is 1. The molecule has 0 aliphatic carbocycles. The van der Waals surface area contributed by atoms with E-state index in [1.165, 1.54) is 22.3 Å². The van der Waals surface area contributed by atoms with E-state index in [2.05, 4.69) is 47.9 Å². The van der Waals surface area contributed by atoms with Crippen molar-refractivity contribution in [2.45, 2.75) is 39.4 Å². The highest BCUT2D eigenvalue weighted by Gasteiger charge is 2.27. The van der Waals surface area contributed by atoms with Crippen molar-refractivity contribution in [1.29, 1.82) is 0 Å². The Kier molecular flexibility index (Phi) is 8.72. The molecule has 1 aliphatic heterocycles. The van der Waals surface area contributed by atoms with E-state index in [0.717, 1.165) is 50.6 Å². The number of ether oxygens (including phenoxy) is 2. The summed E-state index contributed by atoms with van der Waals surface area (Å²) in [7, 11) is 1.72. The maximum absolute atomic E-state index is 9.65. The van der Waals surface area contributed by atoms with E-state index in [1.807, 2.05) is 12.1 Å². The Labute approximate surface area is 186 Å². The molecule has 1 heterocycles. The summed E-state index contributed by atoms with van der Waals surface area (Å²) < 4.78 is 10.9. The number of aliphatic hydroxyl groups excluding tert-OH is 2. The van der Waals surface area contributed by atoms with Crippen LogP contribution in [0.4, 0.5) is 0 Å². The van der Waals surface area contributed by atoms with Crippen molar-refractivity contribution in [3.05, 3.63) is 58.7 Å². The van der Waals surface area contributed by atoms with Crippen LogP contribution in [0.2, 0.25) is 0 Å². The summed E-state index contributed by atoms with van der Waals surface area (Å²) in [5, 5.41) is 18.5. The van der Waals surface area contributed by atoms with E-state index in [9.17, 15) is 5.11 Å². The van der Waals surface area contributed by atoms with Gasteiger partial charge in [-0.2, -0.15) is 0 Å². The van der Waals surface area contributed by atoms with Crippen LogP contribution in [0.25, 0.3) is 0 Å². The monoisotopic (exact) mass is 428 g/mol. The van der Waals surface area contributed by atoms with Crippen molar-refractivity contribution in [2.24, 2.45) is 0 Å². The van der Waals surface area contributed by atoms with E-state index >= 15 is 0 Å². The maximum atomic E-state index is 9.65. The van der Waals surface area contributed by atoms with Crippen molar-refractivity contribution in [1.82, 2.24) is 9.80 Å². The molecule has 6 heteroatoms. The summed E-state index contributed by atoms with van der Waals surface area (Å²) in [5.74, 6) is 1.72. The van der Waals surface area contributed by atoms with Crippen LogP contribution in [0.15, 0.2) is 36.4 Å². The number of nitrogens with zero attached hydrogens (tertiary/aromatic N) is 2. The first-order valence-corrected chi connectivity index (χ1v) is 11.1. The third kappa shape index (κ3) is 6.20. The smallest absolute Gasteiger partial charge is 0.122 e. The minimum Gasteiger partial charge on any atom is -0.496 e. The van der Waals surface area contributed by atoms with Gasteiger partial charge in [-0.15, -0.1) is 0 Å². The fourth-order valence-electron chi connectivity index (χ4n) is 4.31. The van der Waals surface area contributed by atoms with Gasteiger partial charge >= 0.3 is 0 Å². The Bertz CT molecular complexity index is 825. The molecule has 0 radical (unpaired) electrons. The highest BCUT2D eigenvalue weighted by molar-refractivity contribution is 5.43. The second-order valence-corrected chi connectivity index (χ2v) is 8.26. The van der Waals surface area contributed by atoms with E-state index in [1.54, 1.807) is 7.11 Å². The van der Waals surface area contributed by atoms with Gasteiger partial charge in [-0.25, -0.2) is 0 Å². The zero-order valence-corrected chi connectivity index (χ0v) is 19.0. The first-order chi connectivity index (χ1) is 15.0. The third-order valence-corrected chi connectivity index (χ3v) is 6.28. The topological polar surface area (TPSA) is 65.4 Å². The SMILES string of the molecule is COc1ccc(CN2CCN(Cc3ccc(OCCO)cc3)C[C@@H]2CCO)c(C)c1C. The molecular weight excluding hydrogens is 392 g/mol. The van der Waals surface area contributed by atoms with Gasteiger partial charge in [-0.05, 0) is 60.7 Å². The summed E-state index contributed by atoms with van der Waals surface area (Å²) in [6.07, 6.45) is 0.776. The standard InChI is InChI=1S/C25H36N2O4/c1-19-20(2)25(30-3)9-6-22(19)17-27-12-11-26(18-23(27)10-13-28)16-21-4-7-24(8-5-21)31-15-14-29/h4-9,23,28-29H,10-18H2,1-3H3/t23-/m0/s1. The highest BCUT2D eigenvalue weighted by Crippen LogP contribution is 2.26. The fraction of sp³-hybridized carbons (Fsp3) is 0.520. The van der Waals surface area contributed by atoms with Crippen LogP contribution in [-0.2, 0) is 13.1 Å². The number of hydrogen-bond acceptors (Lipinski definition) is 6. The largest absolute Gasteiger partial charge is 0.496 e. The van der Waals surface area contributed by atoms with Crippen LogP contribution in [0.3, 0.4) is 0 Å². The van der Waals surface area contributed by atoms with Crippen LogP contribution < -0.4 is 9.47 Å². The lowest BCUT2D eigenvalue weighted by Gasteiger charge is -2.41. The predicted octanol–water partition coefficient (Wildman–Crippen LogP) is 2.75. The average Bonchev–Trinajstić information content (AvgIpc) is 2.78. The second kappa shape index (κ2) is 11.5. The molecule has 1 aliphatic rings. The molecule has 0 aromatic heterocycles. The first-order valence-electron chi connectivity index (χ1n) is 11.1. The molecule has 31 heavy (non-hydrogen) atoms. The van der Waals surface area contributed by atoms with Crippen molar-refractivity contribution >= 4 is 0 Å². The molecule has 6 nitrogen and oxygen atoms in total. The number of benzene rings is 2. The minimum atomic E-state index is 0.0217. The van der Waals surface area contributed by atoms with Gasteiger partial charge in [0, 0.05) is 45.4 Å². The van der Waals surface area contributed by atoms with Gasteiger partial charge in [-0.1, -0.05) is 18.2 Å². The van der Waals surface area contributed by atoms with E-state index in [0.29, 0.717) is 12.6 Å². The highest BCUT2D eigenvalue weighted by atomic mass is 16.5. The number of aliphatic hydroxyl groups is 2. The van der Waals surface area contributed by atoms with E-state index < -0.39 is 0 Å². The Hall–Kier alpha value is -2.12. The zero-order valence-electron chi connectivity index (χ0n) is 19.0. The lowest BCUT2D eigenvalue weighted by Crippen LogP contribution is -2.52. The second-order valence-electron chi connectivity index (χ2n) is 8.26. The molecule has 1 saturated heterocycles. The van der Waals surface area contributed by atoms with Gasteiger partial charge in [-0.3, -0.25) is 9.80 Å². The van der Waals surface area contributed by atoms with Crippen LogP contribution >= 0.6 is 0 Å². The molecule has 0 bridgehead atoms. The van der Waals surface area contributed by atoms with Crippen LogP contribution in [-0.4, -0.2) is 72.6 Å². The maximum Gasteiger partial charge on any atom is 0.122 e. The molecule has 0 spiro atoms. The van der Waals surface area contributed by atoms with Gasteiger partial charge in [0.2, 0.25) is 0 Å². The van der Waals surface area contributed by atoms with Crippen molar-refractivity contribution in [3.63, 3.8) is 0 Å². The molecular formula is C25H36N2O4. The molecule has 2 aromatic rings. The molecule has 1 atom stereocenters. The molecule has 0 amide bonds. The summed E-state index contributed by atoms with van der Waals surface area (Å²) in [5.41, 5.74) is 5.05. The lowest BCUT2D eigenvalue weighted by atomic mass is 10.00. The Balaban J connectivity index is 1.62. The van der Waals surface area contributed by atoms with Gasteiger partial charge in [0.25, 0.3) is 0 Å². The van der Waals surface area contributed by atoms with E-state index in [-0.39, 0.29) is 13.2 Å². The Morgan fingerprint density at radius 3 is 2.39 bits per heavy atom. The van der Waals surface area contributed by atoms with Crippen LogP contribution in [0.5, 0.6) is 11.5 Å². The summed E-state index contributed by atoms with van der Waals surface area (Å²) in [6, 6.07) is 12.6. The first kappa shape index (κ1) is 23.5. The van der Waals surface area contributed by atoms with E-state index in [4.69, 9.17) is 14.6 Å². The summed E-state index contributed by atoms with van der Waals surface area (Å²) in [6.45, 7) is 9.52. The number of rotatable bonds is 10. The van der Waals surface area contributed by atoms with Crippen LogP contribution in [0, 0.1) is 13.8 Å². The summed E-state index contributed by atoms with van der Waals surface area (Å²) in [4.78, 5) is 4.97. The van der Waals surface area contributed by atoms with Crippen molar-refractivity contribution in [2.75, 3.05) is 46.6 Å². The third-order valence-electron chi connectivity index (χ3n) is 6.28. The molecule has 0 unspecified atom stereocenters. The lowest BCUT2D eigenvalue weighted by molar-refractivity contribution is 0.0498. The zero-order chi connectivity index (χ0) is 22.2. The normalized spacial score (nSPS) is 17.6. The quantitative estimate of drug-likeness (QED) is 0.607. The van der Waals surface area contributed by atoms with Crippen molar-refractivity contribution in [3.8, 4) is 11.5 Å². The fourth-order valence-corrected chi connectivity index (χ4v) is 4.31. The van der Waals surface area contributed by atoms with Gasteiger partial charge in [0.05, 0.1) is 13.7 Å². The van der Waals surface area contributed by atoms with Gasteiger partial charge in [0.1, 0.15) is 18.1 Å². The minimum absolute atomic E-state index is 0.0217. The molecule has 2 N–H and O–H groups in total. The molecule has 2 aromatic carbocycles.